The van der Waals surface area contributed by atoms with Crippen LogP contribution >= 0.6 is 0 Å². The molecule has 1 aromatic rings. The van der Waals surface area contributed by atoms with Crippen molar-refractivity contribution in [3.05, 3.63) is 28.4 Å². The Kier molecular flexibility index (Phi) is 6.93. The second-order valence-corrected chi connectivity index (χ2v) is 4.88. The van der Waals surface area contributed by atoms with Crippen molar-refractivity contribution < 1.29 is 4.92 Å². The van der Waals surface area contributed by atoms with Crippen LogP contribution in [0.25, 0.3) is 0 Å². The van der Waals surface area contributed by atoms with E-state index in [2.05, 4.69) is 36.0 Å². The molecule has 1 heterocycles. The van der Waals surface area contributed by atoms with Crippen LogP contribution in [-0.4, -0.2) is 40.5 Å². The van der Waals surface area contributed by atoms with Gasteiger partial charge in [0.15, 0.2) is 6.20 Å². The fourth-order valence-electron chi connectivity index (χ4n) is 2.10. The average Bonchev–Trinajstić information content (AvgIpc) is 2.44. The molecule has 0 amide bonds. The second kappa shape index (κ2) is 8.47. The highest BCUT2D eigenvalue weighted by atomic mass is 16.6. The van der Waals surface area contributed by atoms with Gasteiger partial charge in [-0.3, -0.25) is 0 Å². The molecule has 20 heavy (non-hydrogen) atoms. The minimum atomic E-state index is -0.489. The maximum Gasteiger partial charge on any atom is 0.363 e. The van der Waals surface area contributed by atoms with Crippen molar-refractivity contribution in [2.75, 3.05) is 25.0 Å². The fourth-order valence-corrected chi connectivity index (χ4v) is 2.10. The molecular formula is C14H24N4O2. The lowest BCUT2D eigenvalue weighted by Crippen LogP contribution is -2.25. The van der Waals surface area contributed by atoms with Crippen LogP contribution in [0.4, 0.5) is 11.5 Å². The molecular weight excluding hydrogens is 256 g/mol. The van der Waals surface area contributed by atoms with E-state index >= 15 is 0 Å². The van der Waals surface area contributed by atoms with Crippen LogP contribution in [0, 0.1) is 10.1 Å². The van der Waals surface area contributed by atoms with Crippen LogP contribution < -0.4 is 5.32 Å². The minimum Gasteiger partial charge on any atom is -0.380 e. The quantitative estimate of drug-likeness (QED) is 0.556. The molecule has 0 aromatic carbocycles. The predicted octanol–water partition coefficient (Wildman–Crippen LogP) is 2.91. The molecule has 1 N–H and O–H groups in total. The first-order valence-electron chi connectivity index (χ1n) is 7.16. The fraction of sp³-hybridized carbons (Fsp3) is 0.643. The Hall–Kier alpha value is -1.69. The summed E-state index contributed by atoms with van der Waals surface area (Å²) in [5.74, 6) is -0.121. The number of hydrogen-bond acceptors (Lipinski definition) is 5. The smallest absolute Gasteiger partial charge is 0.363 e. The zero-order valence-corrected chi connectivity index (χ0v) is 12.5. The standard InChI is InChI=1S/C14H24N4O2/c1-4-17(5-2)10-6-7-12(3)16-13-8-9-14(15-11-13)18(19)20/h8-9,11-12,16H,4-7,10H2,1-3H3. The number of aromatic nitrogens is 1. The van der Waals surface area contributed by atoms with Crippen molar-refractivity contribution in [2.45, 2.75) is 39.7 Å². The molecule has 0 aliphatic rings. The molecule has 1 aromatic heterocycles. The zero-order valence-electron chi connectivity index (χ0n) is 12.5. The number of hydrogen-bond donors (Lipinski definition) is 1. The Morgan fingerprint density at radius 2 is 2.10 bits per heavy atom. The number of pyridine rings is 1. The van der Waals surface area contributed by atoms with E-state index in [0.29, 0.717) is 6.04 Å². The SMILES string of the molecule is CCN(CC)CCCC(C)Nc1ccc([N+](=O)[O-])nc1. The van der Waals surface area contributed by atoms with E-state index in [1.165, 1.54) is 12.3 Å². The maximum absolute atomic E-state index is 10.5. The summed E-state index contributed by atoms with van der Waals surface area (Å²) in [6, 6.07) is 3.45. The molecule has 0 bridgehead atoms. The first-order valence-corrected chi connectivity index (χ1v) is 7.16. The van der Waals surface area contributed by atoms with Gasteiger partial charge in [0.25, 0.3) is 0 Å². The Bertz CT molecular complexity index is 404. The summed E-state index contributed by atoms with van der Waals surface area (Å²) >= 11 is 0. The Morgan fingerprint density at radius 1 is 1.40 bits per heavy atom. The van der Waals surface area contributed by atoms with Gasteiger partial charge in [-0.05, 0) is 55.4 Å². The molecule has 0 saturated heterocycles. The Morgan fingerprint density at radius 3 is 2.60 bits per heavy atom. The van der Waals surface area contributed by atoms with E-state index in [4.69, 9.17) is 0 Å². The third-order valence-corrected chi connectivity index (χ3v) is 3.35. The molecule has 1 unspecified atom stereocenters. The highest BCUT2D eigenvalue weighted by molar-refractivity contribution is 5.44. The van der Waals surface area contributed by atoms with Gasteiger partial charge in [0.1, 0.15) is 0 Å². The van der Waals surface area contributed by atoms with Crippen molar-refractivity contribution in [3.8, 4) is 0 Å². The van der Waals surface area contributed by atoms with Crippen LogP contribution in [0.3, 0.4) is 0 Å². The molecule has 0 radical (unpaired) electrons. The summed E-state index contributed by atoms with van der Waals surface area (Å²) < 4.78 is 0. The topological polar surface area (TPSA) is 71.3 Å². The molecule has 6 nitrogen and oxygen atoms in total. The summed E-state index contributed by atoms with van der Waals surface area (Å²) in [7, 11) is 0. The molecule has 0 spiro atoms. The van der Waals surface area contributed by atoms with Crippen molar-refractivity contribution in [1.82, 2.24) is 9.88 Å². The highest BCUT2D eigenvalue weighted by Gasteiger charge is 2.08. The molecule has 112 valence electrons. The first-order chi connectivity index (χ1) is 9.56. The molecule has 0 saturated carbocycles. The molecule has 0 aliphatic heterocycles. The van der Waals surface area contributed by atoms with Crippen molar-refractivity contribution >= 4 is 11.5 Å². The zero-order chi connectivity index (χ0) is 15.0. The van der Waals surface area contributed by atoms with Crippen molar-refractivity contribution in [1.29, 1.82) is 0 Å². The predicted molar refractivity (Wildman–Crippen MR) is 81.0 cm³/mol. The van der Waals surface area contributed by atoms with E-state index < -0.39 is 4.92 Å². The summed E-state index contributed by atoms with van der Waals surface area (Å²) in [6.07, 6.45) is 3.71. The Balaban J connectivity index is 2.34. The monoisotopic (exact) mass is 280 g/mol. The molecule has 6 heteroatoms. The van der Waals surface area contributed by atoms with E-state index in [1.54, 1.807) is 6.07 Å². The number of nitrogens with one attached hydrogen (secondary N) is 1. The van der Waals surface area contributed by atoms with E-state index in [9.17, 15) is 10.1 Å². The second-order valence-electron chi connectivity index (χ2n) is 4.88. The summed E-state index contributed by atoms with van der Waals surface area (Å²) in [5, 5.41) is 13.8. The average molecular weight is 280 g/mol. The van der Waals surface area contributed by atoms with Gasteiger partial charge < -0.3 is 20.3 Å². The van der Waals surface area contributed by atoms with Gasteiger partial charge in [0.2, 0.25) is 0 Å². The summed E-state index contributed by atoms with van der Waals surface area (Å²) in [4.78, 5) is 16.2. The third kappa shape index (κ3) is 5.52. The lowest BCUT2D eigenvalue weighted by Gasteiger charge is -2.20. The van der Waals surface area contributed by atoms with Gasteiger partial charge >= 0.3 is 5.82 Å². The molecule has 1 rings (SSSR count). The minimum absolute atomic E-state index is 0.121. The molecule has 1 atom stereocenters. The van der Waals surface area contributed by atoms with Gasteiger partial charge in [-0.25, -0.2) is 0 Å². The van der Waals surface area contributed by atoms with E-state index in [-0.39, 0.29) is 5.82 Å². The molecule has 0 fully saturated rings. The molecule has 0 aliphatic carbocycles. The maximum atomic E-state index is 10.5. The van der Waals surface area contributed by atoms with Crippen molar-refractivity contribution in [3.63, 3.8) is 0 Å². The van der Waals surface area contributed by atoms with Gasteiger partial charge in [-0.2, -0.15) is 0 Å². The van der Waals surface area contributed by atoms with Crippen LogP contribution in [-0.2, 0) is 0 Å². The van der Waals surface area contributed by atoms with Crippen LogP contribution in [0.1, 0.15) is 33.6 Å². The van der Waals surface area contributed by atoms with E-state index in [1.807, 2.05) is 0 Å². The van der Waals surface area contributed by atoms with Crippen LogP contribution in [0.5, 0.6) is 0 Å². The normalized spacial score (nSPS) is 12.4. The third-order valence-electron chi connectivity index (χ3n) is 3.35. The Labute approximate surface area is 120 Å². The van der Waals surface area contributed by atoms with Crippen LogP contribution in [0.2, 0.25) is 0 Å². The lowest BCUT2D eigenvalue weighted by molar-refractivity contribution is -0.389. The van der Waals surface area contributed by atoms with Crippen molar-refractivity contribution in [2.24, 2.45) is 0 Å². The highest BCUT2D eigenvalue weighted by Crippen LogP contribution is 2.13. The summed E-state index contributed by atoms with van der Waals surface area (Å²) in [5.41, 5.74) is 0.825. The lowest BCUT2D eigenvalue weighted by atomic mass is 10.1. The van der Waals surface area contributed by atoms with E-state index in [0.717, 1.165) is 38.2 Å². The van der Waals surface area contributed by atoms with Gasteiger partial charge in [0, 0.05) is 12.1 Å². The first kappa shape index (κ1) is 16.4. The van der Waals surface area contributed by atoms with Gasteiger partial charge in [-0.15, -0.1) is 0 Å². The van der Waals surface area contributed by atoms with Gasteiger partial charge in [-0.1, -0.05) is 13.8 Å². The number of rotatable bonds is 9. The number of nitrogens with zero attached hydrogens (tertiary/aromatic N) is 3. The largest absolute Gasteiger partial charge is 0.380 e. The summed E-state index contributed by atoms with van der Waals surface area (Å²) in [6.45, 7) is 9.75. The number of anilines is 1. The van der Waals surface area contributed by atoms with Gasteiger partial charge in [0.05, 0.1) is 5.69 Å². The van der Waals surface area contributed by atoms with Crippen LogP contribution in [0.15, 0.2) is 18.3 Å². The number of nitro groups is 1.